The van der Waals surface area contributed by atoms with Crippen LogP contribution in [-0.4, -0.2) is 45.2 Å². The van der Waals surface area contributed by atoms with Gasteiger partial charge in [0.1, 0.15) is 11.5 Å². The molecule has 1 N–H and O–H groups in total. The van der Waals surface area contributed by atoms with Gasteiger partial charge in [0, 0.05) is 19.4 Å². The van der Waals surface area contributed by atoms with Crippen molar-refractivity contribution < 1.29 is 8.42 Å². The van der Waals surface area contributed by atoms with Crippen molar-refractivity contribution in [1.82, 2.24) is 19.7 Å². The summed E-state index contributed by atoms with van der Waals surface area (Å²) in [6.07, 6.45) is 4.12. The van der Waals surface area contributed by atoms with Crippen LogP contribution in [0.1, 0.15) is 13.3 Å². The molecule has 2 aromatic rings. The molecule has 7 nitrogen and oxygen atoms in total. The summed E-state index contributed by atoms with van der Waals surface area (Å²) in [5.41, 5.74) is 0.204. The number of rotatable bonds is 3. The molecule has 0 aromatic carbocycles. The van der Waals surface area contributed by atoms with Gasteiger partial charge >= 0.3 is 0 Å². The lowest BCUT2D eigenvalue weighted by atomic mass is 10.0. The Morgan fingerprint density at radius 2 is 2.14 bits per heavy atom. The first kappa shape index (κ1) is 14.0. The maximum Gasteiger partial charge on any atom is 0.160 e. The van der Waals surface area contributed by atoms with Gasteiger partial charge in [-0.25, -0.2) is 13.4 Å². The van der Waals surface area contributed by atoms with Crippen molar-refractivity contribution in [2.24, 2.45) is 7.05 Å². The van der Waals surface area contributed by atoms with E-state index in [1.165, 1.54) is 0 Å². The predicted octanol–water partition coefficient (Wildman–Crippen LogP) is 0.866. The van der Waals surface area contributed by atoms with Gasteiger partial charge in [0.25, 0.3) is 0 Å². The van der Waals surface area contributed by atoms with Crippen LogP contribution >= 0.6 is 0 Å². The van der Waals surface area contributed by atoms with Crippen LogP contribution in [0, 0.1) is 0 Å². The first-order chi connectivity index (χ1) is 9.87. The van der Waals surface area contributed by atoms with E-state index in [-0.39, 0.29) is 11.5 Å². The summed E-state index contributed by atoms with van der Waals surface area (Å²) in [4.78, 5) is 4.21. The second kappa shape index (κ2) is 4.80. The third kappa shape index (κ3) is 2.90. The molecule has 3 rings (SSSR count). The van der Waals surface area contributed by atoms with E-state index in [4.69, 9.17) is 0 Å². The highest BCUT2D eigenvalue weighted by Gasteiger charge is 2.38. The highest BCUT2D eigenvalue weighted by molar-refractivity contribution is 7.91. The zero-order chi connectivity index (χ0) is 15.1. The Labute approximate surface area is 123 Å². The van der Waals surface area contributed by atoms with Gasteiger partial charge in [-0.2, -0.15) is 0 Å². The Hall–Kier alpha value is -1.96. The van der Waals surface area contributed by atoms with E-state index in [2.05, 4.69) is 20.5 Å². The van der Waals surface area contributed by atoms with Crippen LogP contribution in [0.5, 0.6) is 0 Å². The number of aryl methyl sites for hydroxylation is 1. The van der Waals surface area contributed by atoms with Crippen molar-refractivity contribution in [2.75, 3.05) is 16.8 Å². The summed E-state index contributed by atoms with van der Waals surface area (Å²) in [6, 6.07) is 3.62. The van der Waals surface area contributed by atoms with Gasteiger partial charge in [0.2, 0.25) is 0 Å². The Morgan fingerprint density at radius 3 is 2.67 bits per heavy atom. The fourth-order valence-electron chi connectivity index (χ4n) is 2.55. The normalized spacial score (nSPS) is 24.1. The Kier molecular flexibility index (Phi) is 3.20. The molecule has 1 aliphatic rings. The Bertz CT molecular complexity index is 753. The van der Waals surface area contributed by atoms with Gasteiger partial charge in [0.15, 0.2) is 15.7 Å². The summed E-state index contributed by atoms with van der Waals surface area (Å²) >= 11 is 0. The van der Waals surface area contributed by atoms with E-state index in [0.29, 0.717) is 17.9 Å². The molecule has 21 heavy (non-hydrogen) atoms. The summed E-state index contributed by atoms with van der Waals surface area (Å²) in [5, 5.41) is 11.4. The minimum Gasteiger partial charge on any atom is -0.362 e. The maximum absolute atomic E-state index is 11.6. The summed E-state index contributed by atoms with van der Waals surface area (Å²) in [7, 11) is -1.06. The average Bonchev–Trinajstić information content (AvgIpc) is 2.94. The number of hydrogen-bond donors (Lipinski definition) is 1. The van der Waals surface area contributed by atoms with Crippen molar-refractivity contribution in [1.29, 1.82) is 0 Å². The number of nitrogens with one attached hydrogen (secondary N) is 1. The molecule has 3 heterocycles. The standard InChI is InChI=1S/C13H17N5O2S/c1-13(5-8-21(19,20)9-13)15-11-4-3-10(16-17-11)12-14-6-7-18(12)2/h3-4,6-7H,5,8-9H2,1-2H3,(H,15,17). The molecule has 0 amide bonds. The zero-order valence-electron chi connectivity index (χ0n) is 11.9. The van der Waals surface area contributed by atoms with Gasteiger partial charge in [-0.3, -0.25) is 0 Å². The molecule has 1 atom stereocenters. The summed E-state index contributed by atoms with van der Waals surface area (Å²) in [6.45, 7) is 1.89. The van der Waals surface area contributed by atoms with Gasteiger partial charge < -0.3 is 9.88 Å². The molecule has 0 bridgehead atoms. The molecular formula is C13H17N5O2S. The third-order valence-corrected chi connectivity index (χ3v) is 5.55. The SMILES string of the molecule is Cn1ccnc1-c1ccc(NC2(C)CCS(=O)(=O)C2)nn1. The van der Waals surface area contributed by atoms with Crippen LogP contribution in [0.3, 0.4) is 0 Å². The Morgan fingerprint density at radius 1 is 1.33 bits per heavy atom. The average molecular weight is 307 g/mol. The first-order valence-corrected chi connectivity index (χ1v) is 8.49. The molecule has 1 unspecified atom stereocenters. The van der Waals surface area contributed by atoms with Crippen LogP contribution in [0.4, 0.5) is 5.82 Å². The molecule has 1 aliphatic heterocycles. The van der Waals surface area contributed by atoms with Crippen LogP contribution < -0.4 is 5.32 Å². The largest absolute Gasteiger partial charge is 0.362 e. The number of sulfone groups is 1. The topological polar surface area (TPSA) is 89.8 Å². The molecule has 0 aliphatic carbocycles. The molecular weight excluding hydrogens is 290 g/mol. The Balaban J connectivity index is 1.78. The van der Waals surface area contributed by atoms with Gasteiger partial charge in [-0.05, 0) is 25.5 Å². The lowest BCUT2D eigenvalue weighted by Crippen LogP contribution is -2.36. The van der Waals surface area contributed by atoms with Gasteiger partial charge in [-0.15, -0.1) is 10.2 Å². The molecule has 1 saturated heterocycles. The molecule has 0 spiro atoms. The molecule has 112 valence electrons. The second-order valence-corrected chi connectivity index (χ2v) is 7.88. The van der Waals surface area contributed by atoms with Crippen LogP contribution in [0.25, 0.3) is 11.5 Å². The third-order valence-electron chi connectivity index (χ3n) is 3.65. The number of nitrogens with zero attached hydrogens (tertiary/aromatic N) is 4. The maximum atomic E-state index is 11.6. The van der Waals surface area contributed by atoms with E-state index in [1.54, 1.807) is 12.3 Å². The van der Waals surface area contributed by atoms with E-state index < -0.39 is 15.4 Å². The minimum absolute atomic E-state index is 0.128. The van der Waals surface area contributed by atoms with Crippen LogP contribution in [0.2, 0.25) is 0 Å². The molecule has 0 saturated carbocycles. The summed E-state index contributed by atoms with van der Waals surface area (Å²) < 4.78 is 25.1. The summed E-state index contributed by atoms with van der Waals surface area (Å²) in [5.74, 6) is 1.66. The smallest absolute Gasteiger partial charge is 0.160 e. The van der Waals surface area contributed by atoms with Crippen molar-refractivity contribution in [3.05, 3.63) is 24.5 Å². The number of hydrogen-bond acceptors (Lipinski definition) is 6. The molecule has 8 heteroatoms. The lowest BCUT2D eigenvalue weighted by molar-refractivity contribution is 0.571. The predicted molar refractivity (Wildman–Crippen MR) is 79.5 cm³/mol. The zero-order valence-corrected chi connectivity index (χ0v) is 12.8. The lowest BCUT2D eigenvalue weighted by Gasteiger charge is -2.24. The monoisotopic (exact) mass is 307 g/mol. The molecule has 1 fully saturated rings. The quantitative estimate of drug-likeness (QED) is 0.905. The first-order valence-electron chi connectivity index (χ1n) is 6.67. The fourth-order valence-corrected chi connectivity index (χ4v) is 4.64. The van der Waals surface area contributed by atoms with E-state index in [9.17, 15) is 8.42 Å². The van der Waals surface area contributed by atoms with Crippen molar-refractivity contribution >= 4 is 15.7 Å². The van der Waals surface area contributed by atoms with Gasteiger partial charge in [0.05, 0.1) is 17.0 Å². The highest BCUT2D eigenvalue weighted by atomic mass is 32.2. The fraction of sp³-hybridized carbons (Fsp3) is 0.462. The van der Waals surface area contributed by atoms with Crippen molar-refractivity contribution in [3.63, 3.8) is 0 Å². The van der Waals surface area contributed by atoms with Crippen molar-refractivity contribution in [3.8, 4) is 11.5 Å². The second-order valence-electron chi connectivity index (χ2n) is 5.69. The van der Waals surface area contributed by atoms with E-state index >= 15 is 0 Å². The number of aromatic nitrogens is 4. The van der Waals surface area contributed by atoms with E-state index in [0.717, 1.165) is 5.82 Å². The van der Waals surface area contributed by atoms with Crippen LogP contribution in [0.15, 0.2) is 24.5 Å². The molecule has 0 radical (unpaired) electrons. The van der Waals surface area contributed by atoms with Crippen LogP contribution in [-0.2, 0) is 16.9 Å². The highest BCUT2D eigenvalue weighted by Crippen LogP contribution is 2.26. The van der Waals surface area contributed by atoms with Crippen molar-refractivity contribution in [2.45, 2.75) is 18.9 Å². The molecule has 2 aromatic heterocycles. The van der Waals surface area contributed by atoms with Gasteiger partial charge in [-0.1, -0.05) is 0 Å². The minimum atomic E-state index is -2.95. The number of anilines is 1. The number of imidazole rings is 1. The van der Waals surface area contributed by atoms with E-state index in [1.807, 2.05) is 30.8 Å².